The maximum atomic E-state index is 12.6. The number of methoxy groups -OCH3 is 1. The lowest BCUT2D eigenvalue weighted by molar-refractivity contribution is -0.143. The Labute approximate surface area is 151 Å². The first-order chi connectivity index (χ1) is 12.4. The summed E-state index contributed by atoms with van der Waals surface area (Å²) in [6.07, 6.45) is -1.87. The minimum absolute atomic E-state index is 0.00594. The van der Waals surface area contributed by atoms with E-state index in [2.05, 4.69) is 5.32 Å². The number of nitrogens with zero attached hydrogens (tertiary/aromatic N) is 2. The lowest BCUT2D eigenvalue weighted by Crippen LogP contribution is -2.46. The van der Waals surface area contributed by atoms with Gasteiger partial charge >= 0.3 is 12.2 Å². The molecule has 2 fully saturated rings. The van der Waals surface area contributed by atoms with Gasteiger partial charge in [0, 0.05) is 25.7 Å². The quantitative estimate of drug-likeness (QED) is 0.884. The number of nitrogens with one attached hydrogen (secondary N) is 1. The molecule has 1 N–H and O–H groups in total. The maximum absolute atomic E-state index is 12.6. The summed E-state index contributed by atoms with van der Waals surface area (Å²) in [6.45, 7) is 0.331. The molecule has 144 valence electrons. The number of carbonyl (C=O) groups is 1. The summed E-state index contributed by atoms with van der Waals surface area (Å²) in [5.41, 5.74) is 1.04. The van der Waals surface area contributed by atoms with Gasteiger partial charge in [-0.05, 0) is 37.0 Å². The highest BCUT2D eigenvalue weighted by molar-refractivity contribution is 5.75. The monoisotopic (exact) mass is 371 g/mol. The topological polar surface area (TPSA) is 44.8 Å². The van der Waals surface area contributed by atoms with Crippen LogP contribution in [0, 0.1) is 0 Å². The second kappa shape index (κ2) is 7.73. The highest BCUT2D eigenvalue weighted by Crippen LogP contribution is 2.33. The summed E-state index contributed by atoms with van der Waals surface area (Å²) in [5, 5.41) is 2.91. The normalized spacial score (nSPS) is 24.1. The predicted octanol–water partition coefficient (Wildman–Crippen LogP) is 3.18. The summed E-state index contributed by atoms with van der Waals surface area (Å²) in [4.78, 5) is 15.8. The first-order valence-electron chi connectivity index (χ1n) is 8.86. The average Bonchev–Trinajstić information content (AvgIpc) is 3.23. The smallest absolute Gasteiger partial charge is 0.401 e. The van der Waals surface area contributed by atoms with Gasteiger partial charge in [-0.15, -0.1) is 0 Å². The van der Waals surface area contributed by atoms with E-state index in [0.29, 0.717) is 19.5 Å². The molecule has 3 rings (SSSR count). The predicted molar refractivity (Wildman–Crippen MR) is 91.1 cm³/mol. The van der Waals surface area contributed by atoms with Crippen molar-refractivity contribution >= 4 is 6.03 Å². The van der Waals surface area contributed by atoms with Gasteiger partial charge in [0.2, 0.25) is 0 Å². The van der Waals surface area contributed by atoms with Crippen LogP contribution in [0.5, 0.6) is 5.75 Å². The van der Waals surface area contributed by atoms with Crippen molar-refractivity contribution in [3.63, 3.8) is 0 Å². The van der Waals surface area contributed by atoms with Gasteiger partial charge in [-0.25, -0.2) is 4.79 Å². The maximum Gasteiger partial charge on any atom is 0.401 e. The molecule has 8 heteroatoms. The molecule has 2 atom stereocenters. The van der Waals surface area contributed by atoms with Crippen LogP contribution >= 0.6 is 0 Å². The van der Waals surface area contributed by atoms with Gasteiger partial charge in [0.1, 0.15) is 5.75 Å². The average molecular weight is 371 g/mol. The first-order valence-corrected chi connectivity index (χ1v) is 8.86. The summed E-state index contributed by atoms with van der Waals surface area (Å²) < 4.78 is 42.6. The Morgan fingerprint density at radius 3 is 2.62 bits per heavy atom. The van der Waals surface area contributed by atoms with Crippen LogP contribution < -0.4 is 10.1 Å². The Morgan fingerprint density at radius 2 is 1.96 bits per heavy atom. The van der Waals surface area contributed by atoms with E-state index < -0.39 is 12.7 Å². The van der Waals surface area contributed by atoms with Crippen LogP contribution in [0.4, 0.5) is 18.0 Å². The molecule has 0 aromatic heterocycles. The first kappa shape index (κ1) is 18.8. The zero-order valence-corrected chi connectivity index (χ0v) is 14.8. The van der Waals surface area contributed by atoms with Crippen LogP contribution in [0.3, 0.4) is 0 Å². The molecule has 2 aliphatic heterocycles. The number of ether oxygens (including phenoxy) is 1. The molecule has 2 amide bonds. The zero-order valence-electron chi connectivity index (χ0n) is 14.8. The highest BCUT2D eigenvalue weighted by atomic mass is 19.4. The number of amides is 2. The van der Waals surface area contributed by atoms with E-state index in [4.69, 9.17) is 4.74 Å². The van der Waals surface area contributed by atoms with E-state index >= 15 is 0 Å². The van der Waals surface area contributed by atoms with Gasteiger partial charge in [-0.2, -0.15) is 13.2 Å². The molecule has 1 aromatic carbocycles. The molecule has 0 saturated carbocycles. The van der Waals surface area contributed by atoms with Crippen molar-refractivity contribution in [1.29, 1.82) is 0 Å². The molecular weight excluding hydrogens is 347 g/mol. The van der Waals surface area contributed by atoms with E-state index in [9.17, 15) is 18.0 Å². The summed E-state index contributed by atoms with van der Waals surface area (Å²) in [6, 6.07) is 7.22. The third kappa shape index (κ3) is 4.60. The fourth-order valence-electron chi connectivity index (χ4n) is 3.79. The van der Waals surface area contributed by atoms with Crippen LogP contribution in [-0.2, 0) is 0 Å². The fourth-order valence-corrected chi connectivity index (χ4v) is 3.79. The minimum Gasteiger partial charge on any atom is -0.497 e. The SMILES string of the molecule is COc1ccc(C2CCCN2C(=O)NC2CCN(CC(F)(F)F)C2)cc1. The Kier molecular flexibility index (Phi) is 5.60. The molecular formula is C18H24F3N3O2. The van der Waals surface area contributed by atoms with Crippen LogP contribution in [0.15, 0.2) is 24.3 Å². The Morgan fingerprint density at radius 1 is 1.23 bits per heavy atom. The van der Waals surface area contributed by atoms with E-state index in [1.54, 1.807) is 12.0 Å². The van der Waals surface area contributed by atoms with Gasteiger partial charge in [0.25, 0.3) is 0 Å². The fraction of sp³-hybridized carbons (Fsp3) is 0.611. The molecule has 2 unspecified atom stereocenters. The van der Waals surface area contributed by atoms with Crippen LogP contribution in [0.2, 0.25) is 0 Å². The minimum atomic E-state index is -4.20. The van der Waals surface area contributed by atoms with Gasteiger partial charge < -0.3 is 15.0 Å². The second-order valence-corrected chi connectivity index (χ2v) is 6.91. The van der Waals surface area contributed by atoms with Crippen molar-refractivity contribution in [1.82, 2.24) is 15.1 Å². The lowest BCUT2D eigenvalue weighted by atomic mass is 10.0. The van der Waals surface area contributed by atoms with E-state index in [1.807, 2.05) is 24.3 Å². The van der Waals surface area contributed by atoms with Gasteiger partial charge in [0.15, 0.2) is 0 Å². The molecule has 26 heavy (non-hydrogen) atoms. The van der Waals surface area contributed by atoms with Gasteiger partial charge in [0.05, 0.1) is 19.7 Å². The van der Waals surface area contributed by atoms with Crippen molar-refractivity contribution in [3.8, 4) is 5.75 Å². The third-order valence-corrected chi connectivity index (χ3v) is 5.02. The molecule has 1 aromatic rings. The molecule has 0 aliphatic carbocycles. The number of urea groups is 1. The van der Waals surface area contributed by atoms with Crippen molar-refractivity contribution in [2.75, 3.05) is 33.3 Å². The van der Waals surface area contributed by atoms with Crippen LogP contribution in [-0.4, -0.2) is 61.3 Å². The molecule has 0 radical (unpaired) electrons. The number of benzene rings is 1. The van der Waals surface area contributed by atoms with Crippen LogP contribution in [0.25, 0.3) is 0 Å². The summed E-state index contributed by atoms with van der Waals surface area (Å²) >= 11 is 0. The van der Waals surface area contributed by atoms with Gasteiger partial charge in [-0.3, -0.25) is 4.90 Å². The molecule has 2 saturated heterocycles. The molecule has 2 heterocycles. The molecule has 2 aliphatic rings. The Balaban J connectivity index is 1.57. The van der Waals surface area contributed by atoms with E-state index in [1.165, 1.54) is 4.90 Å². The molecule has 5 nitrogen and oxygen atoms in total. The molecule has 0 spiro atoms. The molecule has 0 bridgehead atoms. The van der Waals surface area contributed by atoms with E-state index in [-0.39, 0.29) is 24.7 Å². The van der Waals surface area contributed by atoms with Gasteiger partial charge in [-0.1, -0.05) is 12.1 Å². The number of likely N-dealkylation sites (tertiary alicyclic amines) is 2. The van der Waals surface area contributed by atoms with Crippen molar-refractivity contribution in [3.05, 3.63) is 29.8 Å². The van der Waals surface area contributed by atoms with Crippen molar-refractivity contribution in [2.24, 2.45) is 0 Å². The Bertz CT molecular complexity index is 621. The number of halogens is 3. The van der Waals surface area contributed by atoms with E-state index in [0.717, 1.165) is 24.2 Å². The summed E-state index contributed by atoms with van der Waals surface area (Å²) in [7, 11) is 1.61. The number of hydrogen-bond donors (Lipinski definition) is 1. The van der Waals surface area contributed by atoms with Crippen molar-refractivity contribution < 1.29 is 22.7 Å². The number of alkyl halides is 3. The number of carbonyl (C=O) groups excluding carboxylic acids is 1. The number of hydrogen-bond acceptors (Lipinski definition) is 3. The van der Waals surface area contributed by atoms with Crippen molar-refractivity contribution in [2.45, 2.75) is 37.5 Å². The second-order valence-electron chi connectivity index (χ2n) is 6.91. The standard InChI is InChI=1S/C18H24F3N3O2/c1-26-15-6-4-13(5-7-15)16-3-2-9-24(16)17(25)22-14-8-10-23(11-14)12-18(19,20)21/h4-7,14,16H,2-3,8-12H2,1H3,(H,22,25). The largest absolute Gasteiger partial charge is 0.497 e. The lowest BCUT2D eigenvalue weighted by Gasteiger charge is -2.27. The number of rotatable bonds is 4. The highest BCUT2D eigenvalue weighted by Gasteiger charge is 2.36. The zero-order chi connectivity index (χ0) is 18.7. The summed E-state index contributed by atoms with van der Waals surface area (Å²) in [5.74, 6) is 0.762. The third-order valence-electron chi connectivity index (χ3n) is 5.02. The van der Waals surface area contributed by atoms with Crippen LogP contribution in [0.1, 0.15) is 30.9 Å². The Hall–Kier alpha value is -1.96.